The summed E-state index contributed by atoms with van der Waals surface area (Å²) in [5.41, 5.74) is 4.99. The van der Waals surface area contributed by atoms with Crippen LogP contribution >= 0.6 is 0 Å². The molecule has 0 aromatic carbocycles. The second-order valence-electron chi connectivity index (χ2n) is 4.06. The quantitative estimate of drug-likeness (QED) is 0.736. The van der Waals surface area contributed by atoms with E-state index in [9.17, 15) is 13.2 Å². The van der Waals surface area contributed by atoms with Crippen molar-refractivity contribution in [1.82, 2.24) is 0 Å². The normalized spacial score (nSPS) is 23.8. The monoisotopic (exact) mass is 195 g/mol. The number of rotatable bonds is 3. The highest BCUT2D eigenvalue weighted by Crippen LogP contribution is 2.48. The molecule has 1 saturated carbocycles. The van der Waals surface area contributed by atoms with Gasteiger partial charge in [-0.15, -0.1) is 0 Å². The van der Waals surface area contributed by atoms with Crippen LogP contribution in [0.2, 0.25) is 0 Å². The lowest BCUT2D eigenvalue weighted by Crippen LogP contribution is -2.44. The van der Waals surface area contributed by atoms with Gasteiger partial charge < -0.3 is 5.73 Å². The summed E-state index contributed by atoms with van der Waals surface area (Å²) in [6.07, 6.45) is -0.430. The van der Waals surface area contributed by atoms with Crippen LogP contribution in [0, 0.1) is 5.41 Å². The van der Waals surface area contributed by atoms with Crippen molar-refractivity contribution in [3.8, 4) is 0 Å². The maximum Gasteiger partial charge on any atom is 0.403 e. The number of hydrogen-bond acceptors (Lipinski definition) is 1. The maximum absolute atomic E-state index is 12.2. The van der Waals surface area contributed by atoms with Crippen LogP contribution in [0.1, 0.15) is 39.0 Å². The SMILES string of the molecule is CCC1(CC(N)C(F)(F)F)CCC1. The molecule has 1 aliphatic rings. The van der Waals surface area contributed by atoms with Gasteiger partial charge in [-0.3, -0.25) is 0 Å². The predicted molar refractivity (Wildman–Crippen MR) is 45.2 cm³/mol. The lowest BCUT2D eigenvalue weighted by molar-refractivity contribution is -0.158. The van der Waals surface area contributed by atoms with Gasteiger partial charge in [-0.2, -0.15) is 13.2 Å². The Morgan fingerprint density at radius 3 is 2.15 bits per heavy atom. The van der Waals surface area contributed by atoms with Gasteiger partial charge in [0.05, 0.1) is 0 Å². The number of halogens is 3. The van der Waals surface area contributed by atoms with Crippen molar-refractivity contribution >= 4 is 0 Å². The first kappa shape index (κ1) is 10.8. The van der Waals surface area contributed by atoms with E-state index in [0.717, 1.165) is 25.7 Å². The van der Waals surface area contributed by atoms with Gasteiger partial charge in [0.15, 0.2) is 0 Å². The first-order valence-corrected chi connectivity index (χ1v) is 4.72. The van der Waals surface area contributed by atoms with E-state index in [2.05, 4.69) is 0 Å². The Labute approximate surface area is 76.5 Å². The molecule has 13 heavy (non-hydrogen) atoms. The lowest BCUT2D eigenvalue weighted by atomic mass is 9.64. The zero-order chi connectivity index (χ0) is 10.1. The number of hydrogen-bond donors (Lipinski definition) is 1. The minimum atomic E-state index is -4.22. The summed E-state index contributed by atoms with van der Waals surface area (Å²) in [5, 5.41) is 0. The second kappa shape index (κ2) is 3.48. The Kier molecular flexibility index (Phi) is 2.90. The minimum absolute atomic E-state index is 0.102. The molecule has 1 nitrogen and oxygen atoms in total. The molecule has 4 heteroatoms. The van der Waals surface area contributed by atoms with E-state index in [0.29, 0.717) is 0 Å². The van der Waals surface area contributed by atoms with E-state index in [1.807, 2.05) is 6.92 Å². The minimum Gasteiger partial charge on any atom is -0.320 e. The third-order valence-electron chi connectivity index (χ3n) is 3.24. The summed E-state index contributed by atoms with van der Waals surface area (Å²) < 4.78 is 36.5. The van der Waals surface area contributed by atoms with Crippen LogP contribution < -0.4 is 5.73 Å². The third-order valence-corrected chi connectivity index (χ3v) is 3.24. The van der Waals surface area contributed by atoms with Gasteiger partial charge in [-0.1, -0.05) is 19.8 Å². The zero-order valence-corrected chi connectivity index (χ0v) is 7.82. The van der Waals surface area contributed by atoms with Gasteiger partial charge in [0.2, 0.25) is 0 Å². The molecule has 2 N–H and O–H groups in total. The summed E-state index contributed by atoms with van der Waals surface area (Å²) in [6, 6.07) is -1.63. The molecule has 1 fully saturated rings. The highest BCUT2D eigenvalue weighted by molar-refractivity contribution is 4.91. The zero-order valence-electron chi connectivity index (χ0n) is 7.82. The van der Waals surface area contributed by atoms with E-state index < -0.39 is 12.2 Å². The van der Waals surface area contributed by atoms with Crippen LogP contribution in [0.25, 0.3) is 0 Å². The summed E-state index contributed by atoms with van der Waals surface area (Å²) in [4.78, 5) is 0. The topological polar surface area (TPSA) is 26.0 Å². The van der Waals surface area contributed by atoms with Gasteiger partial charge >= 0.3 is 6.18 Å². The molecule has 0 amide bonds. The fourth-order valence-corrected chi connectivity index (χ4v) is 1.96. The smallest absolute Gasteiger partial charge is 0.320 e. The maximum atomic E-state index is 12.2. The third kappa shape index (κ3) is 2.36. The van der Waals surface area contributed by atoms with E-state index in [1.165, 1.54) is 0 Å². The summed E-state index contributed by atoms with van der Waals surface area (Å²) >= 11 is 0. The highest BCUT2D eigenvalue weighted by Gasteiger charge is 2.44. The fourth-order valence-electron chi connectivity index (χ4n) is 1.96. The van der Waals surface area contributed by atoms with Crippen molar-refractivity contribution in [2.24, 2.45) is 11.1 Å². The van der Waals surface area contributed by atoms with Crippen LogP contribution in [0.3, 0.4) is 0 Å². The standard InChI is InChI=1S/C9H16F3N/c1-2-8(4-3-5-8)6-7(13)9(10,11)12/h7H,2-6,13H2,1H3. The molecular weight excluding hydrogens is 179 g/mol. The largest absolute Gasteiger partial charge is 0.403 e. The van der Waals surface area contributed by atoms with Crippen molar-refractivity contribution < 1.29 is 13.2 Å². The van der Waals surface area contributed by atoms with Crippen molar-refractivity contribution in [2.45, 2.75) is 51.2 Å². The van der Waals surface area contributed by atoms with Crippen LogP contribution in [0.15, 0.2) is 0 Å². The number of alkyl halides is 3. The first-order valence-electron chi connectivity index (χ1n) is 4.72. The molecule has 0 radical (unpaired) electrons. The average Bonchev–Trinajstić information content (AvgIpc) is 1.94. The molecule has 1 aliphatic carbocycles. The molecule has 1 unspecified atom stereocenters. The van der Waals surface area contributed by atoms with Crippen molar-refractivity contribution in [2.75, 3.05) is 0 Å². The van der Waals surface area contributed by atoms with Crippen LogP contribution in [0.4, 0.5) is 13.2 Å². The van der Waals surface area contributed by atoms with Gasteiger partial charge in [0.1, 0.15) is 6.04 Å². The Balaban J connectivity index is 2.47. The van der Waals surface area contributed by atoms with E-state index in [-0.39, 0.29) is 11.8 Å². The summed E-state index contributed by atoms with van der Waals surface area (Å²) in [6.45, 7) is 1.95. The molecule has 0 aromatic rings. The molecule has 0 heterocycles. The molecule has 0 aromatic heterocycles. The highest BCUT2D eigenvalue weighted by atomic mass is 19.4. The van der Waals surface area contributed by atoms with E-state index in [1.54, 1.807) is 0 Å². The van der Waals surface area contributed by atoms with E-state index >= 15 is 0 Å². The Hall–Kier alpha value is -0.250. The first-order chi connectivity index (χ1) is 5.90. The van der Waals surface area contributed by atoms with Crippen molar-refractivity contribution in [3.63, 3.8) is 0 Å². The Morgan fingerprint density at radius 2 is 1.92 bits per heavy atom. The molecule has 0 aliphatic heterocycles. The second-order valence-corrected chi connectivity index (χ2v) is 4.06. The number of nitrogens with two attached hydrogens (primary N) is 1. The van der Waals surface area contributed by atoms with Crippen molar-refractivity contribution in [1.29, 1.82) is 0 Å². The van der Waals surface area contributed by atoms with Crippen LogP contribution in [-0.2, 0) is 0 Å². The van der Waals surface area contributed by atoms with Crippen molar-refractivity contribution in [3.05, 3.63) is 0 Å². The van der Waals surface area contributed by atoms with E-state index in [4.69, 9.17) is 5.73 Å². The Morgan fingerprint density at radius 1 is 1.38 bits per heavy atom. The molecule has 0 spiro atoms. The van der Waals surface area contributed by atoms with Gasteiger partial charge in [-0.25, -0.2) is 0 Å². The van der Waals surface area contributed by atoms with Crippen LogP contribution in [-0.4, -0.2) is 12.2 Å². The summed E-state index contributed by atoms with van der Waals surface area (Å²) in [5.74, 6) is 0. The molecule has 1 rings (SSSR count). The van der Waals surface area contributed by atoms with Crippen LogP contribution in [0.5, 0.6) is 0 Å². The Bertz CT molecular complexity index is 167. The molecule has 0 bridgehead atoms. The summed E-state index contributed by atoms with van der Waals surface area (Å²) in [7, 11) is 0. The lowest BCUT2D eigenvalue weighted by Gasteiger charge is -2.43. The predicted octanol–water partition coefficient (Wildman–Crippen LogP) is 2.85. The van der Waals surface area contributed by atoms with Gasteiger partial charge in [0, 0.05) is 0 Å². The molecular formula is C9H16F3N. The molecule has 78 valence electrons. The molecule has 0 saturated heterocycles. The van der Waals surface area contributed by atoms with Gasteiger partial charge in [-0.05, 0) is 24.7 Å². The van der Waals surface area contributed by atoms with Gasteiger partial charge in [0.25, 0.3) is 0 Å². The average molecular weight is 195 g/mol. The molecule has 1 atom stereocenters. The fraction of sp³-hybridized carbons (Fsp3) is 1.00.